The van der Waals surface area contributed by atoms with Crippen LogP contribution < -0.4 is 0 Å². The normalized spacial score (nSPS) is 25.7. The standard InChI is InChI=1S/C11H16N2O2/c1-15-11(14)8-9-4-2-5-10(12-9)13-6-3-7-13/h2,4,10H,3,5-8H2,1H3. The minimum Gasteiger partial charge on any atom is -0.469 e. The fraction of sp³-hybridized carbons (Fsp3) is 0.636. The van der Waals surface area contributed by atoms with Crippen molar-refractivity contribution >= 4 is 11.7 Å². The van der Waals surface area contributed by atoms with Crippen LogP contribution in [0.5, 0.6) is 0 Å². The summed E-state index contributed by atoms with van der Waals surface area (Å²) in [6.07, 6.45) is 6.79. The van der Waals surface area contributed by atoms with Crippen molar-refractivity contribution in [2.75, 3.05) is 20.2 Å². The third-order valence-electron chi connectivity index (χ3n) is 2.84. The molecule has 0 aromatic heterocycles. The molecule has 0 spiro atoms. The summed E-state index contributed by atoms with van der Waals surface area (Å²) in [5.74, 6) is -0.220. The molecule has 0 aliphatic carbocycles. The van der Waals surface area contributed by atoms with Crippen molar-refractivity contribution in [2.24, 2.45) is 4.99 Å². The number of hydrogen-bond acceptors (Lipinski definition) is 4. The van der Waals surface area contributed by atoms with E-state index in [-0.39, 0.29) is 18.6 Å². The number of dihydropyridines is 1. The molecule has 0 N–H and O–H groups in total. The number of carbonyl (C=O) groups excluding carboxylic acids is 1. The molecule has 0 bridgehead atoms. The summed E-state index contributed by atoms with van der Waals surface area (Å²) < 4.78 is 4.62. The van der Waals surface area contributed by atoms with Crippen LogP contribution in [0.15, 0.2) is 17.1 Å². The summed E-state index contributed by atoms with van der Waals surface area (Å²) in [6, 6.07) is 0. The van der Waals surface area contributed by atoms with Gasteiger partial charge in [-0.15, -0.1) is 0 Å². The highest BCUT2D eigenvalue weighted by molar-refractivity contribution is 6.05. The zero-order valence-corrected chi connectivity index (χ0v) is 8.98. The molecule has 15 heavy (non-hydrogen) atoms. The van der Waals surface area contributed by atoms with Crippen molar-refractivity contribution < 1.29 is 9.53 Å². The van der Waals surface area contributed by atoms with E-state index in [2.05, 4.69) is 20.7 Å². The van der Waals surface area contributed by atoms with Crippen LogP contribution >= 0.6 is 0 Å². The number of ether oxygens (including phenoxy) is 1. The van der Waals surface area contributed by atoms with Crippen molar-refractivity contribution in [2.45, 2.75) is 25.4 Å². The Morgan fingerprint density at radius 2 is 2.47 bits per heavy atom. The Balaban J connectivity index is 1.94. The van der Waals surface area contributed by atoms with E-state index in [4.69, 9.17) is 0 Å². The van der Waals surface area contributed by atoms with Crippen LogP contribution in [-0.4, -0.2) is 42.9 Å². The maximum Gasteiger partial charge on any atom is 0.311 e. The minimum atomic E-state index is -0.220. The Labute approximate surface area is 89.6 Å². The SMILES string of the molecule is COC(=O)CC1=NC(N2CCC2)CC=C1. The lowest BCUT2D eigenvalue weighted by Gasteiger charge is -2.36. The first-order valence-corrected chi connectivity index (χ1v) is 5.33. The van der Waals surface area contributed by atoms with Crippen LogP contribution in [0.3, 0.4) is 0 Å². The van der Waals surface area contributed by atoms with Crippen molar-refractivity contribution in [3.05, 3.63) is 12.2 Å². The molecule has 0 aromatic carbocycles. The molecule has 2 aliphatic rings. The smallest absolute Gasteiger partial charge is 0.311 e. The fourth-order valence-corrected chi connectivity index (χ4v) is 1.81. The Morgan fingerprint density at radius 3 is 3.07 bits per heavy atom. The molecule has 2 aliphatic heterocycles. The number of allylic oxidation sites excluding steroid dienone is 1. The van der Waals surface area contributed by atoms with Gasteiger partial charge in [0, 0.05) is 25.2 Å². The van der Waals surface area contributed by atoms with Crippen molar-refractivity contribution in [3.63, 3.8) is 0 Å². The zero-order chi connectivity index (χ0) is 10.7. The Bertz CT molecular complexity index is 306. The number of methoxy groups -OCH3 is 1. The molecule has 1 fully saturated rings. The third-order valence-corrected chi connectivity index (χ3v) is 2.84. The van der Waals surface area contributed by atoms with Crippen molar-refractivity contribution in [3.8, 4) is 0 Å². The molecule has 1 unspecified atom stereocenters. The molecule has 0 amide bonds. The van der Waals surface area contributed by atoms with E-state index in [1.54, 1.807) is 0 Å². The van der Waals surface area contributed by atoms with Crippen LogP contribution in [-0.2, 0) is 9.53 Å². The van der Waals surface area contributed by atoms with E-state index in [0.29, 0.717) is 0 Å². The van der Waals surface area contributed by atoms with Crippen molar-refractivity contribution in [1.29, 1.82) is 0 Å². The number of hydrogen-bond donors (Lipinski definition) is 0. The lowest BCUT2D eigenvalue weighted by Crippen LogP contribution is -2.45. The van der Waals surface area contributed by atoms with E-state index in [1.807, 2.05) is 6.08 Å². The largest absolute Gasteiger partial charge is 0.469 e. The highest BCUT2D eigenvalue weighted by Crippen LogP contribution is 2.19. The maximum absolute atomic E-state index is 11.1. The molecule has 82 valence electrons. The average Bonchev–Trinajstić information content (AvgIpc) is 2.15. The minimum absolute atomic E-state index is 0.220. The number of likely N-dealkylation sites (tertiary alicyclic amines) is 1. The van der Waals surface area contributed by atoms with E-state index in [1.165, 1.54) is 13.5 Å². The van der Waals surface area contributed by atoms with E-state index < -0.39 is 0 Å². The number of aliphatic imine (C=N–C) groups is 1. The summed E-state index contributed by atoms with van der Waals surface area (Å²) in [5.41, 5.74) is 0.838. The predicted molar refractivity (Wildman–Crippen MR) is 57.8 cm³/mol. The highest BCUT2D eigenvalue weighted by atomic mass is 16.5. The third kappa shape index (κ3) is 2.45. The van der Waals surface area contributed by atoms with Crippen molar-refractivity contribution in [1.82, 2.24) is 4.90 Å². The summed E-state index contributed by atoms with van der Waals surface area (Å²) >= 11 is 0. The zero-order valence-electron chi connectivity index (χ0n) is 8.98. The summed E-state index contributed by atoms with van der Waals surface area (Å²) in [4.78, 5) is 18.0. The van der Waals surface area contributed by atoms with Crippen LogP contribution in [0, 0.1) is 0 Å². The Morgan fingerprint density at radius 1 is 1.67 bits per heavy atom. The molecule has 4 heteroatoms. The number of rotatable bonds is 3. The second kappa shape index (κ2) is 4.57. The first-order chi connectivity index (χ1) is 7.29. The predicted octanol–water partition coefficient (Wildman–Crippen LogP) is 0.982. The second-order valence-corrected chi connectivity index (χ2v) is 3.88. The molecule has 2 rings (SSSR count). The molecule has 4 nitrogen and oxygen atoms in total. The average molecular weight is 208 g/mol. The summed E-state index contributed by atoms with van der Waals surface area (Å²) in [7, 11) is 1.41. The summed E-state index contributed by atoms with van der Waals surface area (Å²) in [5, 5.41) is 0. The van der Waals surface area contributed by atoms with Gasteiger partial charge < -0.3 is 4.74 Å². The van der Waals surface area contributed by atoms with Gasteiger partial charge in [0.2, 0.25) is 0 Å². The van der Waals surface area contributed by atoms with Crippen LogP contribution in [0.25, 0.3) is 0 Å². The molecular weight excluding hydrogens is 192 g/mol. The highest BCUT2D eigenvalue weighted by Gasteiger charge is 2.24. The molecular formula is C11H16N2O2. The van der Waals surface area contributed by atoms with Gasteiger partial charge in [0.05, 0.1) is 13.5 Å². The van der Waals surface area contributed by atoms with Gasteiger partial charge in [-0.3, -0.25) is 14.7 Å². The molecule has 0 saturated carbocycles. The first kappa shape index (κ1) is 10.4. The number of esters is 1. The quantitative estimate of drug-likeness (QED) is 0.649. The topological polar surface area (TPSA) is 41.9 Å². The first-order valence-electron chi connectivity index (χ1n) is 5.33. The number of nitrogens with zero attached hydrogens (tertiary/aromatic N) is 2. The molecule has 1 saturated heterocycles. The monoisotopic (exact) mass is 208 g/mol. The molecule has 0 aromatic rings. The summed E-state index contributed by atoms with van der Waals surface area (Å²) in [6.45, 7) is 2.26. The molecule has 2 heterocycles. The lowest BCUT2D eigenvalue weighted by molar-refractivity contribution is -0.139. The van der Waals surface area contributed by atoms with Gasteiger partial charge in [-0.1, -0.05) is 6.08 Å². The van der Waals surface area contributed by atoms with E-state index in [0.717, 1.165) is 25.2 Å². The Kier molecular flexibility index (Phi) is 3.16. The van der Waals surface area contributed by atoms with E-state index in [9.17, 15) is 4.79 Å². The Hall–Kier alpha value is -1.16. The molecule has 0 radical (unpaired) electrons. The van der Waals surface area contributed by atoms with E-state index >= 15 is 0 Å². The van der Waals surface area contributed by atoms with Gasteiger partial charge in [0.1, 0.15) is 6.17 Å². The van der Waals surface area contributed by atoms with Gasteiger partial charge in [0.15, 0.2) is 0 Å². The second-order valence-electron chi connectivity index (χ2n) is 3.88. The van der Waals surface area contributed by atoms with Crippen LogP contribution in [0.1, 0.15) is 19.3 Å². The maximum atomic E-state index is 11.1. The number of carbonyl (C=O) groups is 1. The van der Waals surface area contributed by atoms with Gasteiger partial charge in [-0.2, -0.15) is 0 Å². The van der Waals surface area contributed by atoms with Gasteiger partial charge >= 0.3 is 5.97 Å². The molecule has 1 atom stereocenters. The van der Waals surface area contributed by atoms with Gasteiger partial charge in [0.25, 0.3) is 0 Å². The van der Waals surface area contributed by atoms with Crippen LogP contribution in [0.4, 0.5) is 0 Å². The lowest BCUT2D eigenvalue weighted by atomic mass is 10.1. The van der Waals surface area contributed by atoms with Gasteiger partial charge in [-0.25, -0.2) is 0 Å². The van der Waals surface area contributed by atoms with Crippen LogP contribution in [0.2, 0.25) is 0 Å². The fourth-order valence-electron chi connectivity index (χ4n) is 1.81. The van der Waals surface area contributed by atoms with Gasteiger partial charge in [-0.05, 0) is 12.5 Å².